The smallest absolute Gasteiger partial charge is 0.463 e. The molecule has 0 amide bonds. The van der Waals surface area contributed by atoms with E-state index in [-0.39, 0.29) is 12.8 Å². The first kappa shape index (κ1) is 56.0. The number of allylic oxidation sites excluding steroid dienone is 8. The van der Waals surface area contributed by atoms with Gasteiger partial charge in [0.1, 0.15) is 31.5 Å². The van der Waals surface area contributed by atoms with Gasteiger partial charge in [0, 0.05) is 12.8 Å². The van der Waals surface area contributed by atoms with E-state index in [0.717, 1.165) is 89.9 Å². The third-order valence-corrected chi connectivity index (χ3v) is 10.2. The number of phosphoric ester groups is 2. The van der Waals surface area contributed by atoms with Gasteiger partial charge < -0.3 is 34.6 Å². The Balaban J connectivity index is 3.95. The Kier molecular flexibility index (Phi) is 36.7. The molecule has 0 aromatic heterocycles. The predicted octanol–water partition coefficient (Wildman–Crippen LogP) is 8.49. The van der Waals surface area contributed by atoms with Crippen molar-refractivity contribution in [2.75, 3.05) is 39.6 Å². The molecule has 17 heteroatoms. The Morgan fingerprint density at radius 1 is 0.466 bits per heavy atom. The normalized spacial score (nSPS) is 15.9. The van der Waals surface area contributed by atoms with Crippen LogP contribution in [0.1, 0.15) is 142 Å². The Morgan fingerprint density at radius 3 is 1.22 bits per heavy atom. The molecule has 0 aliphatic rings. The van der Waals surface area contributed by atoms with Gasteiger partial charge in [-0.3, -0.25) is 27.7 Å². The van der Waals surface area contributed by atoms with Gasteiger partial charge in [-0.15, -0.1) is 0 Å². The van der Waals surface area contributed by atoms with E-state index in [1.807, 2.05) is 18.2 Å². The predicted molar refractivity (Wildman–Crippen MR) is 224 cm³/mol. The highest BCUT2D eigenvalue weighted by molar-refractivity contribution is 7.47. The molecule has 58 heavy (non-hydrogen) atoms. The minimum atomic E-state index is -4.78. The molecule has 0 saturated carbocycles. The van der Waals surface area contributed by atoms with Crippen molar-refractivity contribution in [3.8, 4) is 0 Å². The second-order valence-corrected chi connectivity index (χ2v) is 16.9. The fraction of sp³-hybridized carbons (Fsp3) is 0.756. The molecule has 0 saturated heterocycles. The maximum absolute atomic E-state index is 12.1. The minimum Gasteiger partial charge on any atom is -0.463 e. The maximum Gasteiger partial charge on any atom is 0.472 e. The fourth-order valence-electron chi connectivity index (χ4n) is 5.02. The number of aliphatic hydroxyl groups is 3. The first-order valence-electron chi connectivity index (χ1n) is 21.0. The van der Waals surface area contributed by atoms with E-state index in [2.05, 4.69) is 62.3 Å². The summed E-state index contributed by atoms with van der Waals surface area (Å²) in [5.74, 6) is -1.02. The molecule has 338 valence electrons. The second-order valence-electron chi connectivity index (χ2n) is 14.0. The highest BCUT2D eigenvalue weighted by Gasteiger charge is 2.28. The first-order valence-corrected chi connectivity index (χ1v) is 24.0. The van der Waals surface area contributed by atoms with Crippen LogP contribution in [0.4, 0.5) is 0 Å². The van der Waals surface area contributed by atoms with Crippen LogP contribution >= 0.6 is 15.6 Å². The van der Waals surface area contributed by atoms with Crippen molar-refractivity contribution >= 4 is 27.6 Å². The van der Waals surface area contributed by atoms with E-state index in [4.69, 9.17) is 9.47 Å². The van der Waals surface area contributed by atoms with Gasteiger partial charge in [0.2, 0.25) is 0 Å². The van der Waals surface area contributed by atoms with Crippen LogP contribution in [0, 0.1) is 0 Å². The van der Waals surface area contributed by atoms with Crippen molar-refractivity contribution in [2.24, 2.45) is 0 Å². The van der Waals surface area contributed by atoms with Gasteiger partial charge in [-0.1, -0.05) is 127 Å². The lowest BCUT2D eigenvalue weighted by molar-refractivity contribution is -0.148. The molecule has 5 atom stereocenters. The zero-order chi connectivity index (χ0) is 43.2. The molecule has 0 bridgehead atoms. The summed E-state index contributed by atoms with van der Waals surface area (Å²) in [6.07, 6.45) is 31.2. The molecular weight excluding hydrogens is 794 g/mol. The molecule has 5 N–H and O–H groups in total. The SMILES string of the molecule is CC/C=C/C=C/C=C/CCCCCCCCCC(=O)OCC(O)COP(=O)(O)OCC(O)COP(=O)(O)OCC(O)COC(=O)CCCCCCC/C=C\CCCC. The van der Waals surface area contributed by atoms with E-state index in [9.17, 15) is 43.8 Å². The molecule has 0 spiro atoms. The summed E-state index contributed by atoms with van der Waals surface area (Å²) in [6.45, 7) is 0.193. The third kappa shape index (κ3) is 39.5. The monoisotopic (exact) mass is 868 g/mol. The van der Waals surface area contributed by atoms with E-state index < -0.39 is 85.5 Å². The van der Waals surface area contributed by atoms with Gasteiger partial charge in [-0.2, -0.15) is 0 Å². The van der Waals surface area contributed by atoms with Gasteiger partial charge in [-0.25, -0.2) is 9.13 Å². The molecule has 15 nitrogen and oxygen atoms in total. The number of aliphatic hydroxyl groups excluding tert-OH is 3. The standard InChI is InChI=1S/C41H74O15P2/c1-3-5-7-9-11-13-15-16-17-18-20-22-24-26-28-30-41(46)52-32-38(43)34-54-58(49,50)56-36-39(44)35-55-57(47,48)53-33-37(42)31-51-40(45)29-27-25-23-21-19-14-12-10-8-6-4-2/h5,7,9-13,15,37-39,42-44H,3-4,6,8,14,16-36H2,1-2H3,(H,47,48)(H,49,50)/b7-5+,11-9+,12-10-,15-13+. The quantitative estimate of drug-likeness (QED) is 0.0128. The molecule has 0 aromatic carbocycles. The summed E-state index contributed by atoms with van der Waals surface area (Å²) in [5.41, 5.74) is 0. The van der Waals surface area contributed by atoms with Crippen LogP contribution in [-0.2, 0) is 46.3 Å². The minimum absolute atomic E-state index is 0.182. The fourth-order valence-corrected chi connectivity index (χ4v) is 6.61. The average molecular weight is 869 g/mol. The number of hydrogen-bond donors (Lipinski definition) is 5. The van der Waals surface area contributed by atoms with Gasteiger partial charge in [0.05, 0.1) is 26.4 Å². The molecule has 0 heterocycles. The lowest BCUT2D eigenvalue weighted by atomic mass is 10.1. The summed E-state index contributed by atoms with van der Waals surface area (Å²) in [6, 6.07) is 0. The van der Waals surface area contributed by atoms with Gasteiger partial charge >= 0.3 is 27.6 Å². The van der Waals surface area contributed by atoms with Crippen molar-refractivity contribution in [2.45, 2.75) is 161 Å². The number of carbonyl (C=O) groups excluding carboxylic acids is 2. The van der Waals surface area contributed by atoms with Crippen LogP contribution in [0.25, 0.3) is 0 Å². The van der Waals surface area contributed by atoms with Crippen molar-refractivity contribution < 1.29 is 71.4 Å². The summed E-state index contributed by atoms with van der Waals surface area (Å²) in [5, 5.41) is 29.9. The lowest BCUT2D eigenvalue weighted by Gasteiger charge is -2.19. The molecule has 0 aliphatic carbocycles. The van der Waals surface area contributed by atoms with E-state index in [0.29, 0.717) is 12.8 Å². The van der Waals surface area contributed by atoms with E-state index >= 15 is 0 Å². The maximum atomic E-state index is 12.1. The number of rotatable bonds is 40. The van der Waals surface area contributed by atoms with Crippen LogP contribution in [0.15, 0.2) is 48.6 Å². The zero-order valence-corrected chi connectivity index (χ0v) is 36.7. The highest BCUT2D eigenvalue weighted by Crippen LogP contribution is 2.45. The molecule has 0 rings (SSSR count). The number of hydrogen-bond acceptors (Lipinski definition) is 13. The summed E-state index contributed by atoms with van der Waals surface area (Å²) >= 11 is 0. The van der Waals surface area contributed by atoms with E-state index in [1.54, 1.807) is 0 Å². The van der Waals surface area contributed by atoms with Crippen molar-refractivity contribution in [1.29, 1.82) is 0 Å². The van der Waals surface area contributed by atoms with Crippen LogP contribution in [0.5, 0.6) is 0 Å². The van der Waals surface area contributed by atoms with Crippen LogP contribution in [0.3, 0.4) is 0 Å². The molecule has 0 fully saturated rings. The molecule has 5 unspecified atom stereocenters. The Hall–Kier alpha value is -2.00. The Labute approximate surface area is 347 Å². The number of ether oxygens (including phenoxy) is 2. The Bertz CT molecular complexity index is 1240. The van der Waals surface area contributed by atoms with Gasteiger partial charge in [0.25, 0.3) is 0 Å². The van der Waals surface area contributed by atoms with Crippen LogP contribution in [0.2, 0.25) is 0 Å². The summed E-state index contributed by atoms with van der Waals surface area (Å²) in [4.78, 5) is 43.5. The number of phosphoric acid groups is 2. The molecule has 0 aromatic rings. The first-order chi connectivity index (χ1) is 27.8. The van der Waals surface area contributed by atoms with Gasteiger partial charge in [0.15, 0.2) is 0 Å². The van der Waals surface area contributed by atoms with Crippen molar-refractivity contribution in [3.05, 3.63) is 48.6 Å². The zero-order valence-electron chi connectivity index (χ0n) is 34.9. The number of unbranched alkanes of at least 4 members (excludes halogenated alkanes) is 14. The number of carbonyl (C=O) groups is 2. The molecule has 0 aliphatic heterocycles. The van der Waals surface area contributed by atoms with Gasteiger partial charge in [-0.05, 0) is 51.4 Å². The van der Waals surface area contributed by atoms with E-state index in [1.165, 1.54) is 12.8 Å². The molecule has 0 radical (unpaired) electrons. The highest BCUT2D eigenvalue weighted by atomic mass is 31.2. The Morgan fingerprint density at radius 2 is 0.810 bits per heavy atom. The third-order valence-electron chi connectivity index (χ3n) is 8.33. The average Bonchev–Trinajstić information content (AvgIpc) is 3.19. The topological polar surface area (TPSA) is 225 Å². The lowest BCUT2D eigenvalue weighted by Crippen LogP contribution is -2.25. The van der Waals surface area contributed by atoms with Crippen molar-refractivity contribution in [1.82, 2.24) is 0 Å². The second kappa shape index (κ2) is 38.0. The van der Waals surface area contributed by atoms with Crippen LogP contribution < -0.4 is 0 Å². The summed E-state index contributed by atoms with van der Waals surface area (Å²) in [7, 11) is -9.56. The number of esters is 2. The van der Waals surface area contributed by atoms with Crippen molar-refractivity contribution in [3.63, 3.8) is 0 Å². The summed E-state index contributed by atoms with van der Waals surface area (Å²) < 4.78 is 52.8. The molecular formula is C41H74O15P2. The largest absolute Gasteiger partial charge is 0.472 e. The van der Waals surface area contributed by atoms with Crippen LogP contribution in [-0.4, -0.2) is 95.0 Å².